The van der Waals surface area contributed by atoms with Crippen LogP contribution in [0.3, 0.4) is 0 Å². The fourth-order valence-electron chi connectivity index (χ4n) is 3.93. The van der Waals surface area contributed by atoms with Crippen LogP contribution in [0.2, 0.25) is 0 Å². The van der Waals surface area contributed by atoms with E-state index in [0.29, 0.717) is 11.7 Å². The van der Waals surface area contributed by atoms with E-state index >= 15 is 0 Å². The lowest BCUT2D eigenvalue weighted by atomic mass is 9.97. The third-order valence-corrected chi connectivity index (χ3v) is 6.91. The van der Waals surface area contributed by atoms with E-state index in [-0.39, 0.29) is 0 Å². The Kier molecular flexibility index (Phi) is 4.72. The highest BCUT2D eigenvalue weighted by Crippen LogP contribution is 2.35. The first-order chi connectivity index (χ1) is 14.2. The van der Waals surface area contributed by atoms with Crippen molar-refractivity contribution in [1.29, 1.82) is 0 Å². The number of aryl methyl sites for hydroxylation is 1. The monoisotopic (exact) mass is 401 g/mol. The Morgan fingerprint density at radius 1 is 0.931 bits per heavy atom. The Morgan fingerprint density at radius 2 is 1.72 bits per heavy atom. The van der Waals surface area contributed by atoms with Crippen LogP contribution in [-0.4, -0.2) is 33.0 Å². The molecule has 6 heteroatoms. The molecule has 29 heavy (non-hydrogen) atoms. The molecule has 1 fully saturated rings. The average Bonchev–Trinajstić information content (AvgIpc) is 3.21. The van der Waals surface area contributed by atoms with Gasteiger partial charge in [0.1, 0.15) is 11.5 Å². The molecule has 0 unspecified atom stereocenters. The van der Waals surface area contributed by atoms with Gasteiger partial charge in [-0.2, -0.15) is 0 Å². The topological polar surface area (TPSA) is 54.8 Å². The quantitative estimate of drug-likeness (QED) is 0.475. The van der Waals surface area contributed by atoms with Gasteiger partial charge in [0, 0.05) is 36.5 Å². The molecule has 0 amide bonds. The predicted octanol–water partition coefficient (Wildman–Crippen LogP) is 5.15. The van der Waals surface area contributed by atoms with Gasteiger partial charge < -0.3 is 4.90 Å². The van der Waals surface area contributed by atoms with E-state index < -0.39 is 0 Å². The first kappa shape index (κ1) is 18.2. The van der Waals surface area contributed by atoms with E-state index in [1.165, 1.54) is 9.71 Å². The first-order valence-corrected chi connectivity index (χ1v) is 10.9. The molecule has 0 saturated carbocycles. The Balaban J connectivity index is 1.38. The standard InChI is InChI=1S/C23H23N5S/c1-15-16(2)25-21(19-8-5-6-12-24-19)27-22(15)28-13-10-17(11-14-28)23-26-18-7-3-4-9-20(18)29-23/h3-9,12,17H,10-11,13-14H2,1-2H3. The number of rotatable bonds is 3. The second-order valence-corrected chi connectivity index (χ2v) is 8.64. The summed E-state index contributed by atoms with van der Waals surface area (Å²) in [6.45, 7) is 6.15. The molecule has 4 aromatic rings. The molecule has 5 nitrogen and oxygen atoms in total. The Labute approximate surface area is 174 Å². The maximum Gasteiger partial charge on any atom is 0.180 e. The molecule has 1 aromatic carbocycles. The molecule has 1 aliphatic heterocycles. The van der Waals surface area contributed by atoms with E-state index in [2.05, 4.69) is 53.0 Å². The van der Waals surface area contributed by atoms with E-state index in [4.69, 9.17) is 9.97 Å². The summed E-state index contributed by atoms with van der Waals surface area (Å²) in [5.74, 6) is 2.28. The molecule has 4 heterocycles. The van der Waals surface area contributed by atoms with Crippen molar-refractivity contribution in [3.8, 4) is 11.5 Å². The van der Waals surface area contributed by atoms with Crippen LogP contribution in [0, 0.1) is 13.8 Å². The number of pyridine rings is 1. The number of benzene rings is 1. The molecule has 0 N–H and O–H groups in total. The predicted molar refractivity (Wildman–Crippen MR) is 119 cm³/mol. The second-order valence-electron chi connectivity index (χ2n) is 7.58. The van der Waals surface area contributed by atoms with Crippen molar-refractivity contribution in [1.82, 2.24) is 19.9 Å². The van der Waals surface area contributed by atoms with E-state index in [9.17, 15) is 0 Å². The van der Waals surface area contributed by atoms with E-state index in [1.807, 2.05) is 29.5 Å². The first-order valence-electron chi connectivity index (χ1n) is 10.1. The third kappa shape index (κ3) is 3.49. The Morgan fingerprint density at radius 3 is 2.48 bits per heavy atom. The van der Waals surface area contributed by atoms with Crippen LogP contribution in [-0.2, 0) is 0 Å². The van der Waals surface area contributed by atoms with Gasteiger partial charge in [-0.15, -0.1) is 11.3 Å². The molecular formula is C23H23N5S. The van der Waals surface area contributed by atoms with Gasteiger partial charge in [0.25, 0.3) is 0 Å². The van der Waals surface area contributed by atoms with Crippen LogP contribution in [0.15, 0.2) is 48.7 Å². The summed E-state index contributed by atoms with van der Waals surface area (Å²) in [6, 6.07) is 14.3. The maximum atomic E-state index is 4.90. The lowest BCUT2D eigenvalue weighted by Crippen LogP contribution is -2.34. The van der Waals surface area contributed by atoms with Gasteiger partial charge in [0.15, 0.2) is 5.82 Å². The number of fused-ring (bicyclic) bond motifs is 1. The van der Waals surface area contributed by atoms with Crippen molar-refractivity contribution in [2.24, 2.45) is 0 Å². The summed E-state index contributed by atoms with van der Waals surface area (Å²) < 4.78 is 1.28. The highest BCUT2D eigenvalue weighted by molar-refractivity contribution is 7.18. The number of para-hydroxylation sites is 1. The van der Waals surface area contributed by atoms with E-state index in [0.717, 1.165) is 54.2 Å². The van der Waals surface area contributed by atoms with Crippen LogP contribution in [0.4, 0.5) is 5.82 Å². The fraction of sp³-hybridized carbons (Fsp3) is 0.304. The van der Waals surface area contributed by atoms with Crippen molar-refractivity contribution in [2.75, 3.05) is 18.0 Å². The van der Waals surface area contributed by atoms with Crippen molar-refractivity contribution in [2.45, 2.75) is 32.6 Å². The molecule has 1 aliphatic rings. The van der Waals surface area contributed by atoms with Crippen molar-refractivity contribution < 1.29 is 0 Å². The number of piperidine rings is 1. The smallest absolute Gasteiger partial charge is 0.180 e. The molecular weight excluding hydrogens is 378 g/mol. The number of aromatic nitrogens is 4. The molecule has 0 aliphatic carbocycles. The van der Waals surface area contributed by atoms with E-state index in [1.54, 1.807) is 6.20 Å². The Hall–Kier alpha value is -2.86. The van der Waals surface area contributed by atoms with Gasteiger partial charge in [-0.25, -0.2) is 15.0 Å². The van der Waals surface area contributed by atoms with Crippen molar-refractivity contribution >= 4 is 27.4 Å². The van der Waals surface area contributed by atoms with Crippen molar-refractivity contribution in [3.05, 3.63) is 64.9 Å². The summed E-state index contributed by atoms with van der Waals surface area (Å²) in [6.07, 6.45) is 3.99. The average molecular weight is 402 g/mol. The molecule has 1 saturated heterocycles. The van der Waals surface area contributed by atoms with Crippen LogP contribution < -0.4 is 4.90 Å². The zero-order valence-corrected chi connectivity index (χ0v) is 17.5. The third-order valence-electron chi connectivity index (χ3n) is 5.71. The number of thiazole rings is 1. The molecule has 0 bridgehead atoms. The van der Waals surface area contributed by atoms with Gasteiger partial charge in [-0.05, 0) is 51.0 Å². The van der Waals surface area contributed by atoms with Gasteiger partial charge in [-0.3, -0.25) is 4.98 Å². The van der Waals surface area contributed by atoms with Crippen molar-refractivity contribution in [3.63, 3.8) is 0 Å². The molecule has 146 valence electrons. The molecule has 0 radical (unpaired) electrons. The van der Waals surface area contributed by atoms with Gasteiger partial charge in [0.2, 0.25) is 0 Å². The normalized spacial score (nSPS) is 15.2. The molecule has 0 spiro atoms. The van der Waals surface area contributed by atoms with Crippen LogP contribution in [0.5, 0.6) is 0 Å². The molecule has 5 rings (SSSR count). The molecule has 3 aromatic heterocycles. The minimum Gasteiger partial charge on any atom is -0.356 e. The fourth-order valence-corrected chi connectivity index (χ4v) is 5.07. The number of hydrogen-bond acceptors (Lipinski definition) is 6. The minimum atomic E-state index is 0.530. The zero-order valence-electron chi connectivity index (χ0n) is 16.7. The summed E-state index contributed by atoms with van der Waals surface area (Å²) in [5, 5.41) is 1.27. The minimum absolute atomic E-state index is 0.530. The second kappa shape index (κ2) is 7.52. The highest BCUT2D eigenvalue weighted by atomic mass is 32.1. The van der Waals surface area contributed by atoms with Crippen LogP contribution >= 0.6 is 11.3 Å². The summed E-state index contributed by atoms with van der Waals surface area (Å²) in [7, 11) is 0. The van der Waals surface area contributed by atoms with Gasteiger partial charge in [0.05, 0.1) is 15.2 Å². The lowest BCUT2D eigenvalue weighted by molar-refractivity contribution is 0.500. The Bertz CT molecular complexity index is 1110. The van der Waals surface area contributed by atoms with Crippen LogP contribution in [0.1, 0.15) is 35.0 Å². The maximum absolute atomic E-state index is 4.90. The number of anilines is 1. The largest absolute Gasteiger partial charge is 0.356 e. The van der Waals surface area contributed by atoms with Crippen LogP contribution in [0.25, 0.3) is 21.7 Å². The molecule has 0 atom stereocenters. The summed E-state index contributed by atoms with van der Waals surface area (Å²) >= 11 is 1.84. The zero-order chi connectivity index (χ0) is 19.8. The highest BCUT2D eigenvalue weighted by Gasteiger charge is 2.26. The lowest BCUT2D eigenvalue weighted by Gasteiger charge is -2.33. The van der Waals surface area contributed by atoms with Gasteiger partial charge >= 0.3 is 0 Å². The van der Waals surface area contributed by atoms with Gasteiger partial charge in [-0.1, -0.05) is 18.2 Å². The number of hydrogen-bond donors (Lipinski definition) is 0. The number of nitrogens with zero attached hydrogens (tertiary/aromatic N) is 5. The SMILES string of the molecule is Cc1nc(-c2ccccn2)nc(N2CCC(c3nc4ccccc4s3)CC2)c1C. The summed E-state index contributed by atoms with van der Waals surface area (Å²) in [5.41, 5.74) is 4.12. The summed E-state index contributed by atoms with van der Waals surface area (Å²) in [4.78, 5) is 21.3.